The van der Waals surface area contributed by atoms with Gasteiger partial charge in [-0.2, -0.15) is 0 Å². The van der Waals surface area contributed by atoms with Crippen LogP contribution < -0.4 is 0 Å². The molecule has 1 fully saturated rings. The molecule has 0 aromatic carbocycles. The van der Waals surface area contributed by atoms with Crippen LogP contribution in [0.25, 0.3) is 0 Å². The Bertz CT molecular complexity index is 282. The Kier molecular flexibility index (Phi) is 4.39. The van der Waals surface area contributed by atoms with Crippen molar-refractivity contribution in [2.45, 2.75) is 65.5 Å². The Labute approximate surface area is 113 Å². The summed E-state index contributed by atoms with van der Waals surface area (Å²) in [6.45, 7) is 19.6. The van der Waals surface area contributed by atoms with Crippen molar-refractivity contribution in [3.63, 3.8) is 0 Å². The Morgan fingerprint density at radius 3 is 1.89 bits per heavy atom. The molecule has 4 heteroatoms. The van der Waals surface area contributed by atoms with Gasteiger partial charge in [0.2, 0.25) is 0 Å². The second-order valence-corrected chi connectivity index (χ2v) is 12.6. The van der Waals surface area contributed by atoms with Gasteiger partial charge in [-0.3, -0.25) is 0 Å². The van der Waals surface area contributed by atoms with Gasteiger partial charge in [0.25, 0.3) is 0 Å². The molecule has 108 valence electrons. The van der Waals surface area contributed by atoms with Crippen molar-refractivity contribution in [1.29, 1.82) is 0 Å². The van der Waals surface area contributed by atoms with Crippen LogP contribution in [0.15, 0.2) is 0 Å². The first-order chi connectivity index (χ1) is 7.87. The van der Waals surface area contributed by atoms with Crippen molar-refractivity contribution < 1.29 is 13.9 Å². The predicted octanol–water partition coefficient (Wildman–Crippen LogP) is 3.80. The smallest absolute Gasteiger partial charge is 0.192 e. The van der Waals surface area contributed by atoms with Gasteiger partial charge in [0, 0.05) is 12.0 Å². The number of hydrogen-bond acceptors (Lipinski definition) is 3. The Balaban J connectivity index is 2.54. The lowest BCUT2D eigenvalue weighted by atomic mass is 9.93. The lowest BCUT2D eigenvalue weighted by Crippen LogP contribution is -2.50. The molecule has 1 aliphatic rings. The van der Waals surface area contributed by atoms with Crippen LogP contribution in [-0.2, 0) is 13.9 Å². The second-order valence-electron chi connectivity index (χ2n) is 7.84. The third-order valence-electron chi connectivity index (χ3n) is 4.12. The number of ether oxygens (including phenoxy) is 2. The summed E-state index contributed by atoms with van der Waals surface area (Å²) in [5.74, 6) is -0.448. The average molecular weight is 274 g/mol. The van der Waals surface area contributed by atoms with Crippen molar-refractivity contribution in [3.05, 3.63) is 0 Å². The van der Waals surface area contributed by atoms with Crippen LogP contribution in [0.1, 0.15) is 41.5 Å². The van der Waals surface area contributed by atoms with Crippen LogP contribution in [0.2, 0.25) is 18.1 Å². The third-order valence-corrected chi connectivity index (χ3v) is 8.60. The zero-order chi connectivity index (χ0) is 14.2. The van der Waals surface area contributed by atoms with Gasteiger partial charge in [0.15, 0.2) is 14.1 Å². The summed E-state index contributed by atoms with van der Waals surface area (Å²) in [7, 11) is -1.68. The van der Waals surface area contributed by atoms with E-state index in [1.807, 2.05) is 13.8 Å². The molecule has 0 atom stereocenters. The van der Waals surface area contributed by atoms with E-state index in [2.05, 4.69) is 40.8 Å². The van der Waals surface area contributed by atoms with Crippen LogP contribution in [0.5, 0.6) is 0 Å². The fourth-order valence-electron chi connectivity index (χ4n) is 1.43. The molecule has 1 aliphatic heterocycles. The maximum Gasteiger partial charge on any atom is 0.192 e. The van der Waals surface area contributed by atoms with Gasteiger partial charge in [-0.25, -0.2) is 0 Å². The Morgan fingerprint density at radius 1 is 1.06 bits per heavy atom. The van der Waals surface area contributed by atoms with E-state index in [-0.39, 0.29) is 10.5 Å². The lowest BCUT2D eigenvalue weighted by molar-refractivity contribution is -0.286. The molecule has 0 aromatic rings. The summed E-state index contributed by atoms with van der Waals surface area (Å²) in [6.07, 6.45) is 0. The van der Waals surface area contributed by atoms with E-state index >= 15 is 0 Å². The quantitative estimate of drug-likeness (QED) is 0.733. The number of hydrogen-bond donors (Lipinski definition) is 0. The minimum absolute atomic E-state index is 0.0228. The molecule has 0 N–H and O–H groups in total. The van der Waals surface area contributed by atoms with E-state index in [0.29, 0.717) is 13.2 Å². The standard InChI is InChI=1S/C14H30O3Si/c1-12(2,3)18(7,8)17-11-14(6)9-15-13(4,5)16-10-14/h9-11H2,1-8H3. The van der Waals surface area contributed by atoms with Crippen molar-refractivity contribution in [1.82, 2.24) is 0 Å². The molecule has 1 heterocycles. The van der Waals surface area contributed by atoms with E-state index in [1.54, 1.807) is 0 Å². The molecule has 0 amide bonds. The van der Waals surface area contributed by atoms with Gasteiger partial charge in [0.1, 0.15) is 0 Å². The molecule has 0 bridgehead atoms. The van der Waals surface area contributed by atoms with Gasteiger partial charge >= 0.3 is 0 Å². The van der Waals surface area contributed by atoms with Crippen LogP contribution in [0.3, 0.4) is 0 Å². The van der Waals surface area contributed by atoms with Crippen molar-refractivity contribution in [2.75, 3.05) is 19.8 Å². The van der Waals surface area contributed by atoms with E-state index in [4.69, 9.17) is 13.9 Å². The van der Waals surface area contributed by atoms with E-state index in [0.717, 1.165) is 6.61 Å². The van der Waals surface area contributed by atoms with E-state index in [1.165, 1.54) is 0 Å². The first-order valence-corrected chi connectivity index (χ1v) is 9.70. The van der Waals surface area contributed by atoms with Crippen LogP contribution in [0, 0.1) is 5.41 Å². The number of rotatable bonds is 3. The largest absolute Gasteiger partial charge is 0.416 e. The Morgan fingerprint density at radius 2 is 1.50 bits per heavy atom. The molecule has 0 spiro atoms. The summed E-state index contributed by atoms with van der Waals surface area (Å²) in [6, 6.07) is 0. The monoisotopic (exact) mass is 274 g/mol. The molecule has 3 nitrogen and oxygen atoms in total. The van der Waals surface area contributed by atoms with Gasteiger partial charge in [0.05, 0.1) is 13.2 Å². The fourth-order valence-corrected chi connectivity index (χ4v) is 2.58. The first-order valence-electron chi connectivity index (χ1n) is 6.79. The average Bonchev–Trinajstić information content (AvgIpc) is 2.19. The summed E-state index contributed by atoms with van der Waals surface area (Å²) < 4.78 is 17.8. The van der Waals surface area contributed by atoms with Crippen LogP contribution >= 0.6 is 0 Å². The minimum atomic E-state index is -1.68. The molecule has 18 heavy (non-hydrogen) atoms. The molecule has 0 radical (unpaired) electrons. The highest BCUT2D eigenvalue weighted by molar-refractivity contribution is 6.74. The topological polar surface area (TPSA) is 27.7 Å². The van der Waals surface area contributed by atoms with Crippen molar-refractivity contribution in [2.24, 2.45) is 5.41 Å². The zero-order valence-corrected chi connectivity index (χ0v) is 14.3. The summed E-state index contributed by atoms with van der Waals surface area (Å²) >= 11 is 0. The van der Waals surface area contributed by atoms with E-state index in [9.17, 15) is 0 Å². The maximum atomic E-state index is 6.28. The van der Waals surface area contributed by atoms with Gasteiger partial charge < -0.3 is 13.9 Å². The summed E-state index contributed by atoms with van der Waals surface area (Å²) in [4.78, 5) is 0. The molecular weight excluding hydrogens is 244 g/mol. The van der Waals surface area contributed by atoms with E-state index < -0.39 is 14.1 Å². The normalized spacial score (nSPS) is 24.0. The van der Waals surface area contributed by atoms with Crippen LogP contribution in [0.4, 0.5) is 0 Å². The summed E-state index contributed by atoms with van der Waals surface area (Å²) in [5.41, 5.74) is -0.0228. The molecule has 1 rings (SSSR count). The predicted molar refractivity (Wildman–Crippen MR) is 77.2 cm³/mol. The summed E-state index contributed by atoms with van der Waals surface area (Å²) in [5, 5.41) is 0.249. The van der Waals surface area contributed by atoms with Crippen molar-refractivity contribution in [3.8, 4) is 0 Å². The van der Waals surface area contributed by atoms with Gasteiger partial charge in [-0.15, -0.1) is 0 Å². The maximum absolute atomic E-state index is 6.28. The van der Waals surface area contributed by atoms with Crippen molar-refractivity contribution >= 4 is 8.32 Å². The minimum Gasteiger partial charge on any atom is -0.416 e. The third kappa shape index (κ3) is 4.05. The Hall–Kier alpha value is 0.0969. The molecule has 0 saturated carbocycles. The highest BCUT2D eigenvalue weighted by atomic mass is 28.4. The molecule has 1 saturated heterocycles. The zero-order valence-electron chi connectivity index (χ0n) is 13.3. The molecular formula is C14H30O3Si. The van der Waals surface area contributed by atoms with Crippen LogP contribution in [-0.4, -0.2) is 33.9 Å². The molecule has 0 aromatic heterocycles. The SMILES string of the molecule is CC1(CO[Si](C)(C)C(C)(C)C)COC(C)(C)OC1. The second kappa shape index (κ2) is 4.89. The lowest BCUT2D eigenvalue weighted by Gasteiger charge is -2.44. The van der Waals surface area contributed by atoms with Gasteiger partial charge in [-0.05, 0) is 32.0 Å². The molecule has 0 unspecified atom stereocenters. The fraction of sp³-hybridized carbons (Fsp3) is 1.00. The highest BCUT2D eigenvalue weighted by Crippen LogP contribution is 2.38. The molecule has 0 aliphatic carbocycles. The highest BCUT2D eigenvalue weighted by Gasteiger charge is 2.42. The van der Waals surface area contributed by atoms with Gasteiger partial charge in [-0.1, -0.05) is 27.7 Å². The first kappa shape index (κ1) is 16.2.